The number of carbonyl (C=O) groups is 4. The van der Waals surface area contributed by atoms with Crippen LogP contribution < -0.4 is 0 Å². The molecule has 1 heterocycles. The molecule has 0 saturated carbocycles. The first-order valence-corrected chi connectivity index (χ1v) is 8.22. The summed E-state index contributed by atoms with van der Waals surface area (Å²) in [5.74, 6) is -2.36. The number of carbonyl (C=O) groups excluding carboxylic acids is 4. The molecular formula is C19H23NO5. The molecule has 0 spiro atoms. The second-order valence-corrected chi connectivity index (χ2v) is 7.50. The number of hydrogen-bond donors (Lipinski definition) is 0. The Balaban J connectivity index is 2.22. The first-order valence-electron chi connectivity index (χ1n) is 8.22. The lowest BCUT2D eigenvalue weighted by Gasteiger charge is -2.27. The number of fused-ring (bicyclic) bond motifs is 1. The number of esters is 1. The molecule has 1 unspecified atom stereocenters. The second kappa shape index (κ2) is 6.78. The van der Waals surface area contributed by atoms with E-state index in [2.05, 4.69) is 0 Å². The maximum atomic E-state index is 12.6. The number of ketones is 1. The normalized spacial score (nSPS) is 15.4. The van der Waals surface area contributed by atoms with Gasteiger partial charge in [0.1, 0.15) is 6.04 Å². The monoisotopic (exact) mass is 345 g/mol. The largest absolute Gasteiger partial charge is 0.456 e. The molecule has 6 nitrogen and oxygen atoms in total. The van der Waals surface area contributed by atoms with E-state index in [0.29, 0.717) is 0 Å². The van der Waals surface area contributed by atoms with Crippen LogP contribution in [0.5, 0.6) is 0 Å². The van der Waals surface area contributed by atoms with Crippen molar-refractivity contribution >= 4 is 23.6 Å². The Bertz CT molecular complexity index is 695. The minimum absolute atomic E-state index is 0.231. The highest BCUT2D eigenvalue weighted by Crippen LogP contribution is 2.27. The number of nitrogens with zero attached hydrogens (tertiary/aromatic N) is 1. The van der Waals surface area contributed by atoms with E-state index in [9.17, 15) is 19.2 Å². The number of imide groups is 1. The van der Waals surface area contributed by atoms with Crippen molar-refractivity contribution in [2.75, 3.05) is 6.61 Å². The van der Waals surface area contributed by atoms with Crippen molar-refractivity contribution in [3.05, 3.63) is 35.4 Å². The second-order valence-electron chi connectivity index (χ2n) is 7.50. The maximum absolute atomic E-state index is 12.6. The van der Waals surface area contributed by atoms with Gasteiger partial charge in [-0.2, -0.15) is 0 Å². The highest BCUT2D eigenvalue weighted by molar-refractivity contribution is 6.22. The highest BCUT2D eigenvalue weighted by Gasteiger charge is 2.44. The standard InChI is InChI=1S/C19H23NO5/c1-11(2)15(18(24)25-10-14(21)19(3,4)5)20-16(22)12-8-6-7-9-13(12)17(20)23/h6-9,11,15H,10H2,1-5H3. The van der Waals surface area contributed by atoms with Crippen molar-refractivity contribution < 1.29 is 23.9 Å². The Morgan fingerprint density at radius 3 is 1.92 bits per heavy atom. The summed E-state index contributed by atoms with van der Waals surface area (Å²) in [4.78, 5) is 50.6. The van der Waals surface area contributed by atoms with Gasteiger partial charge >= 0.3 is 5.97 Å². The summed E-state index contributed by atoms with van der Waals surface area (Å²) < 4.78 is 5.13. The van der Waals surface area contributed by atoms with Crippen LogP contribution in [0.25, 0.3) is 0 Å². The lowest BCUT2D eigenvalue weighted by atomic mass is 9.91. The Labute approximate surface area is 147 Å². The van der Waals surface area contributed by atoms with Gasteiger partial charge in [0.2, 0.25) is 0 Å². The Morgan fingerprint density at radius 2 is 1.52 bits per heavy atom. The van der Waals surface area contributed by atoms with Crippen LogP contribution in [0.2, 0.25) is 0 Å². The van der Waals surface area contributed by atoms with Crippen molar-refractivity contribution in [1.29, 1.82) is 0 Å². The predicted octanol–water partition coefficient (Wildman–Crippen LogP) is 2.47. The average molecular weight is 345 g/mol. The van der Waals surface area contributed by atoms with E-state index in [1.165, 1.54) is 0 Å². The van der Waals surface area contributed by atoms with E-state index in [0.717, 1.165) is 4.90 Å². The topological polar surface area (TPSA) is 80.8 Å². The highest BCUT2D eigenvalue weighted by atomic mass is 16.5. The van der Waals surface area contributed by atoms with Crippen molar-refractivity contribution in [2.45, 2.75) is 40.7 Å². The van der Waals surface area contributed by atoms with Gasteiger partial charge in [0.05, 0.1) is 11.1 Å². The van der Waals surface area contributed by atoms with Gasteiger partial charge in [0.25, 0.3) is 11.8 Å². The van der Waals surface area contributed by atoms with Gasteiger partial charge < -0.3 is 4.74 Å². The molecule has 0 aliphatic carbocycles. The minimum atomic E-state index is -1.07. The number of hydrogen-bond acceptors (Lipinski definition) is 5. The summed E-state index contributed by atoms with van der Waals surface area (Å²) >= 11 is 0. The average Bonchev–Trinajstić information content (AvgIpc) is 2.77. The molecule has 1 aromatic carbocycles. The summed E-state index contributed by atoms with van der Waals surface area (Å²) in [6, 6.07) is 5.37. The summed E-state index contributed by atoms with van der Waals surface area (Å²) in [6.45, 7) is 8.25. The SMILES string of the molecule is CC(C)C(C(=O)OCC(=O)C(C)(C)C)N1C(=O)c2ccccc2C1=O. The fraction of sp³-hybridized carbons (Fsp3) is 0.474. The lowest BCUT2D eigenvalue weighted by molar-refractivity contribution is -0.154. The molecule has 0 aromatic heterocycles. The van der Waals surface area contributed by atoms with Gasteiger partial charge in [-0.15, -0.1) is 0 Å². The van der Waals surface area contributed by atoms with E-state index in [-0.39, 0.29) is 29.4 Å². The molecule has 1 aliphatic heterocycles. The smallest absolute Gasteiger partial charge is 0.330 e. The molecular weight excluding hydrogens is 322 g/mol. The molecule has 134 valence electrons. The first-order chi connectivity index (χ1) is 11.6. The maximum Gasteiger partial charge on any atom is 0.330 e. The Hall–Kier alpha value is -2.50. The van der Waals surface area contributed by atoms with Crippen molar-refractivity contribution in [3.8, 4) is 0 Å². The molecule has 0 bridgehead atoms. The molecule has 1 aliphatic rings. The Kier molecular flexibility index (Phi) is 5.11. The van der Waals surface area contributed by atoms with Crippen molar-refractivity contribution in [3.63, 3.8) is 0 Å². The van der Waals surface area contributed by atoms with Crippen LogP contribution in [0.4, 0.5) is 0 Å². The zero-order chi connectivity index (χ0) is 18.9. The molecule has 6 heteroatoms. The summed E-state index contributed by atoms with van der Waals surface area (Å²) in [7, 11) is 0. The molecule has 0 fully saturated rings. The van der Waals surface area contributed by atoms with Gasteiger partial charge in [-0.25, -0.2) is 4.79 Å². The molecule has 0 radical (unpaired) electrons. The van der Waals surface area contributed by atoms with Crippen LogP contribution in [-0.2, 0) is 14.3 Å². The van der Waals surface area contributed by atoms with Crippen LogP contribution in [0.15, 0.2) is 24.3 Å². The van der Waals surface area contributed by atoms with Crippen LogP contribution in [0.1, 0.15) is 55.3 Å². The number of Topliss-reactive ketones (excluding diaryl/α,β-unsaturated/α-hetero) is 1. The lowest BCUT2D eigenvalue weighted by Crippen LogP contribution is -2.49. The van der Waals surface area contributed by atoms with Gasteiger partial charge in [-0.05, 0) is 18.1 Å². The molecule has 25 heavy (non-hydrogen) atoms. The zero-order valence-corrected chi connectivity index (χ0v) is 15.2. The number of amides is 2. The molecule has 0 N–H and O–H groups in total. The minimum Gasteiger partial charge on any atom is -0.456 e. The third-order valence-electron chi connectivity index (χ3n) is 4.16. The quantitative estimate of drug-likeness (QED) is 0.605. The summed E-state index contributed by atoms with van der Waals surface area (Å²) in [5.41, 5.74) is -0.0863. The third-order valence-corrected chi connectivity index (χ3v) is 4.16. The van der Waals surface area contributed by atoms with E-state index in [1.54, 1.807) is 58.9 Å². The fourth-order valence-corrected chi connectivity index (χ4v) is 2.57. The molecule has 2 amide bonds. The van der Waals surface area contributed by atoms with Gasteiger partial charge in [0.15, 0.2) is 12.4 Å². The van der Waals surface area contributed by atoms with Crippen LogP contribution in [-0.4, -0.2) is 41.1 Å². The van der Waals surface area contributed by atoms with Crippen LogP contribution >= 0.6 is 0 Å². The van der Waals surface area contributed by atoms with E-state index in [4.69, 9.17) is 4.74 Å². The van der Waals surface area contributed by atoms with Crippen LogP contribution in [0.3, 0.4) is 0 Å². The van der Waals surface area contributed by atoms with Crippen LogP contribution in [0, 0.1) is 11.3 Å². The predicted molar refractivity (Wildman–Crippen MR) is 91.0 cm³/mol. The first kappa shape index (κ1) is 18.8. The third kappa shape index (κ3) is 3.62. The molecule has 2 rings (SSSR count). The Morgan fingerprint density at radius 1 is 1.04 bits per heavy atom. The fourth-order valence-electron chi connectivity index (χ4n) is 2.57. The number of rotatable bonds is 5. The van der Waals surface area contributed by atoms with Gasteiger partial charge in [-0.3, -0.25) is 19.3 Å². The van der Waals surface area contributed by atoms with Crippen molar-refractivity contribution in [1.82, 2.24) is 4.90 Å². The van der Waals surface area contributed by atoms with E-state index >= 15 is 0 Å². The summed E-state index contributed by atoms with van der Waals surface area (Å²) in [5, 5.41) is 0. The molecule has 1 aromatic rings. The molecule has 1 atom stereocenters. The van der Waals surface area contributed by atoms with Crippen molar-refractivity contribution in [2.24, 2.45) is 11.3 Å². The van der Waals surface area contributed by atoms with E-state index in [1.807, 2.05) is 0 Å². The zero-order valence-electron chi connectivity index (χ0n) is 15.2. The molecule has 0 saturated heterocycles. The number of benzene rings is 1. The van der Waals surface area contributed by atoms with Gasteiger partial charge in [0, 0.05) is 5.41 Å². The van der Waals surface area contributed by atoms with E-state index < -0.39 is 29.2 Å². The summed E-state index contributed by atoms with van der Waals surface area (Å²) in [6.07, 6.45) is 0. The van der Waals surface area contributed by atoms with Gasteiger partial charge in [-0.1, -0.05) is 46.8 Å². The number of ether oxygens (including phenoxy) is 1.